The molecule has 0 bridgehead atoms. The summed E-state index contributed by atoms with van der Waals surface area (Å²) in [5, 5.41) is 0. The van der Waals surface area contributed by atoms with Gasteiger partial charge in [0.1, 0.15) is 5.82 Å². The van der Waals surface area contributed by atoms with Gasteiger partial charge in [0.2, 0.25) is 0 Å². The van der Waals surface area contributed by atoms with E-state index in [2.05, 4.69) is 0 Å². The lowest BCUT2D eigenvalue weighted by molar-refractivity contribution is 0.496. The van der Waals surface area contributed by atoms with Crippen molar-refractivity contribution >= 4 is 0 Å². The molecular formula is C13H18FN. The number of hydrogen-bond donors (Lipinski definition) is 1. The van der Waals surface area contributed by atoms with Gasteiger partial charge in [0.15, 0.2) is 0 Å². The lowest BCUT2D eigenvalue weighted by Crippen LogP contribution is -2.34. The predicted octanol–water partition coefficient (Wildman–Crippen LogP) is 2.59. The molecule has 0 aliphatic heterocycles. The van der Waals surface area contributed by atoms with Gasteiger partial charge in [-0.1, -0.05) is 6.07 Å². The smallest absolute Gasteiger partial charge is 0.126 e. The summed E-state index contributed by atoms with van der Waals surface area (Å²) in [5.41, 5.74) is 8.84. The first-order chi connectivity index (χ1) is 6.96. The number of fused-ring (bicyclic) bond motifs is 1. The van der Waals surface area contributed by atoms with E-state index in [0.29, 0.717) is 6.42 Å². The summed E-state index contributed by atoms with van der Waals surface area (Å²) in [6.07, 6.45) is 3.88. The van der Waals surface area contributed by atoms with Gasteiger partial charge in [-0.15, -0.1) is 0 Å². The van der Waals surface area contributed by atoms with Gasteiger partial charge in [-0.05, 0) is 62.3 Å². The van der Waals surface area contributed by atoms with E-state index >= 15 is 0 Å². The zero-order valence-corrected chi connectivity index (χ0v) is 9.44. The molecule has 0 heterocycles. The molecule has 1 aromatic rings. The van der Waals surface area contributed by atoms with E-state index < -0.39 is 0 Å². The summed E-state index contributed by atoms with van der Waals surface area (Å²) < 4.78 is 13.7. The third kappa shape index (κ3) is 2.37. The molecule has 1 nitrogen and oxygen atoms in total. The molecule has 0 fully saturated rings. The van der Waals surface area contributed by atoms with Crippen LogP contribution in [0.25, 0.3) is 0 Å². The molecule has 1 aliphatic carbocycles. The minimum absolute atomic E-state index is 0.0887. The fraction of sp³-hybridized carbons (Fsp3) is 0.538. The van der Waals surface area contributed by atoms with E-state index in [4.69, 9.17) is 5.73 Å². The molecule has 0 unspecified atom stereocenters. The second-order valence-corrected chi connectivity index (χ2v) is 5.23. The van der Waals surface area contributed by atoms with Crippen molar-refractivity contribution in [3.8, 4) is 0 Å². The molecule has 0 atom stereocenters. The molecule has 82 valence electrons. The fourth-order valence-corrected chi connectivity index (χ4v) is 2.27. The van der Waals surface area contributed by atoms with Crippen LogP contribution in [0.2, 0.25) is 0 Å². The Morgan fingerprint density at radius 1 is 1.27 bits per heavy atom. The van der Waals surface area contributed by atoms with Crippen LogP contribution in [0.4, 0.5) is 4.39 Å². The van der Waals surface area contributed by atoms with Crippen LogP contribution >= 0.6 is 0 Å². The van der Waals surface area contributed by atoms with Gasteiger partial charge in [0.25, 0.3) is 0 Å². The van der Waals surface area contributed by atoms with Gasteiger partial charge in [-0.25, -0.2) is 4.39 Å². The highest BCUT2D eigenvalue weighted by molar-refractivity contribution is 5.36. The highest BCUT2D eigenvalue weighted by Gasteiger charge is 2.18. The largest absolute Gasteiger partial charge is 0.325 e. The Kier molecular flexibility index (Phi) is 2.55. The Balaban J connectivity index is 2.33. The number of aryl methyl sites for hydroxylation is 2. The first-order valence-corrected chi connectivity index (χ1v) is 5.55. The van der Waals surface area contributed by atoms with Gasteiger partial charge in [-0.3, -0.25) is 0 Å². The molecule has 1 aromatic carbocycles. The Morgan fingerprint density at radius 3 is 2.47 bits per heavy atom. The van der Waals surface area contributed by atoms with Crippen molar-refractivity contribution in [3.63, 3.8) is 0 Å². The zero-order chi connectivity index (χ0) is 11.1. The molecular weight excluding hydrogens is 189 g/mol. The van der Waals surface area contributed by atoms with Crippen LogP contribution in [0.1, 0.15) is 37.0 Å². The highest BCUT2D eigenvalue weighted by atomic mass is 19.1. The summed E-state index contributed by atoms with van der Waals surface area (Å²) in [5.74, 6) is -0.0887. The molecule has 1 aliphatic rings. The Labute approximate surface area is 90.5 Å². The monoisotopic (exact) mass is 207 g/mol. The second-order valence-electron chi connectivity index (χ2n) is 5.23. The van der Waals surface area contributed by atoms with E-state index in [1.165, 1.54) is 11.1 Å². The normalized spacial score (nSPS) is 15.5. The zero-order valence-electron chi connectivity index (χ0n) is 9.44. The van der Waals surface area contributed by atoms with E-state index in [1.807, 2.05) is 19.9 Å². The number of benzene rings is 1. The highest BCUT2D eigenvalue weighted by Crippen LogP contribution is 2.26. The van der Waals surface area contributed by atoms with Crippen molar-refractivity contribution in [1.29, 1.82) is 0 Å². The fourth-order valence-electron chi connectivity index (χ4n) is 2.27. The van der Waals surface area contributed by atoms with E-state index in [-0.39, 0.29) is 11.4 Å². The average Bonchev–Trinajstić information content (AvgIpc) is 2.49. The first kappa shape index (κ1) is 10.6. The Morgan fingerprint density at radius 2 is 1.87 bits per heavy atom. The number of hydrogen-bond acceptors (Lipinski definition) is 1. The molecule has 0 amide bonds. The van der Waals surface area contributed by atoms with Crippen LogP contribution in [-0.4, -0.2) is 5.54 Å². The van der Waals surface area contributed by atoms with Crippen molar-refractivity contribution in [2.45, 2.75) is 45.1 Å². The quantitative estimate of drug-likeness (QED) is 0.792. The SMILES string of the molecule is CC(C)(N)Cc1cc2c(cc1F)CCC2. The van der Waals surface area contributed by atoms with E-state index in [0.717, 1.165) is 24.8 Å². The van der Waals surface area contributed by atoms with Gasteiger partial charge in [0.05, 0.1) is 0 Å². The van der Waals surface area contributed by atoms with Crippen LogP contribution in [0.5, 0.6) is 0 Å². The van der Waals surface area contributed by atoms with Crippen LogP contribution in [0.3, 0.4) is 0 Å². The van der Waals surface area contributed by atoms with Crippen LogP contribution in [-0.2, 0) is 19.3 Å². The molecule has 0 radical (unpaired) electrons. The van der Waals surface area contributed by atoms with E-state index in [1.54, 1.807) is 6.07 Å². The standard InChI is InChI=1S/C13H18FN/c1-13(2,15)8-11-6-9-4-3-5-10(9)7-12(11)14/h6-7H,3-5,8,15H2,1-2H3. The summed E-state index contributed by atoms with van der Waals surface area (Å²) in [7, 11) is 0. The molecule has 2 heteroatoms. The van der Waals surface area contributed by atoms with Crippen LogP contribution < -0.4 is 5.73 Å². The number of halogens is 1. The molecule has 0 saturated heterocycles. The second kappa shape index (κ2) is 3.60. The van der Waals surface area contributed by atoms with Crippen molar-refractivity contribution in [2.24, 2.45) is 5.73 Å². The molecule has 0 spiro atoms. The van der Waals surface area contributed by atoms with E-state index in [9.17, 15) is 4.39 Å². The maximum Gasteiger partial charge on any atom is 0.126 e. The number of rotatable bonds is 2. The topological polar surface area (TPSA) is 26.0 Å². The molecule has 15 heavy (non-hydrogen) atoms. The van der Waals surface area contributed by atoms with Crippen LogP contribution in [0, 0.1) is 5.82 Å². The van der Waals surface area contributed by atoms with Gasteiger partial charge in [0, 0.05) is 5.54 Å². The summed E-state index contributed by atoms with van der Waals surface area (Å²) >= 11 is 0. The average molecular weight is 207 g/mol. The summed E-state index contributed by atoms with van der Waals surface area (Å²) in [6, 6.07) is 3.70. The predicted molar refractivity (Wildman–Crippen MR) is 60.4 cm³/mol. The molecule has 2 N–H and O–H groups in total. The molecule has 0 saturated carbocycles. The van der Waals surface area contributed by atoms with Gasteiger partial charge >= 0.3 is 0 Å². The number of nitrogens with two attached hydrogens (primary N) is 1. The lowest BCUT2D eigenvalue weighted by Gasteiger charge is -2.19. The van der Waals surface area contributed by atoms with Crippen molar-refractivity contribution in [2.75, 3.05) is 0 Å². The van der Waals surface area contributed by atoms with Crippen molar-refractivity contribution < 1.29 is 4.39 Å². The summed E-state index contributed by atoms with van der Waals surface area (Å²) in [6.45, 7) is 3.86. The minimum Gasteiger partial charge on any atom is -0.325 e. The van der Waals surface area contributed by atoms with Crippen molar-refractivity contribution in [1.82, 2.24) is 0 Å². The third-order valence-electron chi connectivity index (χ3n) is 2.91. The lowest BCUT2D eigenvalue weighted by atomic mass is 9.93. The van der Waals surface area contributed by atoms with Gasteiger partial charge < -0.3 is 5.73 Å². The maximum atomic E-state index is 13.7. The Bertz CT molecular complexity index is 377. The molecule has 2 rings (SSSR count). The van der Waals surface area contributed by atoms with Crippen molar-refractivity contribution in [3.05, 3.63) is 34.6 Å². The van der Waals surface area contributed by atoms with Crippen LogP contribution in [0.15, 0.2) is 12.1 Å². The molecule has 0 aromatic heterocycles. The van der Waals surface area contributed by atoms with Gasteiger partial charge in [-0.2, -0.15) is 0 Å². The third-order valence-corrected chi connectivity index (χ3v) is 2.91. The maximum absolute atomic E-state index is 13.7. The first-order valence-electron chi connectivity index (χ1n) is 5.55. The minimum atomic E-state index is -0.340. The summed E-state index contributed by atoms with van der Waals surface area (Å²) in [4.78, 5) is 0. The Hall–Kier alpha value is -0.890.